The fourth-order valence-electron chi connectivity index (χ4n) is 16.0. The molecule has 4 heterocycles. The zero-order valence-electron chi connectivity index (χ0n) is 45.7. The SMILES string of the molecule is C[C@H](CC[C@@H](O[C@@H]1O[C@H](CO[C@H]2O[C@H](CO)[C@@H](O)[C@H](O)[C@H]2O)[C@@H](O)[C@H](O)[C@H]1O[C@@H]1O[C@H](CO)[C@@H](C2O[C@H](CO)[C@@H](O)[C@H](O)[C@H]2O)[C@H](O)[C@H]1O)C(C)(C)O)C1CC[C@@]2(C)C3CC=C4C(CC[C@H](O)C4(C)C)[C@]3(C)[C@H](O)C[C@]12C. The van der Waals surface area contributed by atoms with Crippen molar-refractivity contribution in [1.82, 2.24) is 0 Å². The van der Waals surface area contributed by atoms with E-state index in [0.717, 1.165) is 25.7 Å². The Labute approximate surface area is 450 Å². The molecule has 4 unspecified atom stereocenters. The van der Waals surface area contributed by atoms with Gasteiger partial charge in [0, 0.05) is 16.7 Å². The van der Waals surface area contributed by atoms with E-state index in [4.69, 9.17) is 33.2 Å². The Bertz CT molecular complexity index is 2000. The lowest BCUT2D eigenvalue weighted by Crippen LogP contribution is -2.68. The topological polar surface area (TPSA) is 388 Å². The van der Waals surface area contributed by atoms with Crippen LogP contribution in [0.25, 0.3) is 0 Å². The van der Waals surface area contributed by atoms with Gasteiger partial charge in [0.2, 0.25) is 0 Å². The molecule has 77 heavy (non-hydrogen) atoms. The van der Waals surface area contributed by atoms with Crippen LogP contribution in [0, 0.1) is 51.2 Å². The maximum absolute atomic E-state index is 12.5. The summed E-state index contributed by atoms with van der Waals surface area (Å²) in [6, 6.07) is 0. The van der Waals surface area contributed by atoms with Gasteiger partial charge in [-0.2, -0.15) is 0 Å². The lowest BCUT2D eigenvalue weighted by molar-refractivity contribution is -0.383. The summed E-state index contributed by atoms with van der Waals surface area (Å²) in [7, 11) is 0. The van der Waals surface area contributed by atoms with Gasteiger partial charge in [-0.25, -0.2) is 0 Å². The number of hydrogen-bond acceptors (Lipinski definition) is 23. The van der Waals surface area contributed by atoms with Crippen LogP contribution in [0.5, 0.6) is 0 Å². The summed E-state index contributed by atoms with van der Waals surface area (Å²) in [4.78, 5) is 0. The molecule has 0 aromatic heterocycles. The molecule has 0 aromatic carbocycles. The largest absolute Gasteiger partial charge is 0.394 e. The Hall–Kier alpha value is -1.18. The van der Waals surface area contributed by atoms with Gasteiger partial charge in [0.25, 0.3) is 0 Å². The summed E-state index contributed by atoms with van der Waals surface area (Å²) < 4.78 is 41.9. The molecular formula is C54H92O23. The minimum Gasteiger partial charge on any atom is -0.394 e. The molecule has 23 nitrogen and oxygen atoms in total. The average Bonchev–Trinajstić information content (AvgIpc) is 3.97. The summed E-state index contributed by atoms with van der Waals surface area (Å²) >= 11 is 0. The van der Waals surface area contributed by atoms with E-state index in [0.29, 0.717) is 19.3 Å². The average molecular weight is 1110 g/mol. The lowest BCUT2D eigenvalue weighted by atomic mass is 9.38. The number of hydrogen-bond donors (Lipinski definition) is 16. The second-order valence-corrected chi connectivity index (χ2v) is 25.9. The molecule has 0 spiro atoms. The maximum Gasteiger partial charge on any atom is 0.187 e. The minimum absolute atomic E-state index is 0.0241. The van der Waals surface area contributed by atoms with Gasteiger partial charge in [-0.05, 0) is 99.7 Å². The Balaban J connectivity index is 1.03. The van der Waals surface area contributed by atoms with Crippen LogP contribution in [0.4, 0.5) is 0 Å². The van der Waals surface area contributed by atoms with Crippen molar-refractivity contribution < 1.29 is 115 Å². The summed E-state index contributed by atoms with van der Waals surface area (Å²) in [5.41, 5.74) is -1.57. The third kappa shape index (κ3) is 10.7. The van der Waals surface area contributed by atoms with Crippen LogP contribution in [0.15, 0.2) is 11.6 Å². The molecule has 4 aliphatic carbocycles. The molecule has 446 valence electrons. The fourth-order valence-corrected chi connectivity index (χ4v) is 16.0. The standard InChI is InChI=1S/C54H92O23/c1-22(23-15-16-52(6)30-12-10-24-25(11-13-31(58)50(24,2)3)54(30,8)32(59)17-53(23,52)7)9-14-33(51(4,5)70)76-49-46(41(66)37(62)29(75-49)21-71-47-44(69)40(65)36(61)28(20-57)74-47)77-48-43(68)38(63)34(26(18-55)73-48)45-42(67)39(64)35(60)27(19-56)72-45/h10,22-23,25-49,55-70H,9,11-21H2,1-8H3/t22-,23?,25?,26-,27-,28-,29-,30?,31+,32-,33-,34-,35-,36-,37-,38+,39+,40+,41+,42-,43-,44-,45?,46-,47+,48+,49+,52+,53-,54+/m1/s1. The summed E-state index contributed by atoms with van der Waals surface area (Å²) in [5, 5.41) is 176. The zero-order valence-corrected chi connectivity index (χ0v) is 45.7. The molecule has 7 fully saturated rings. The van der Waals surface area contributed by atoms with Crippen LogP contribution in [0.1, 0.15) is 107 Å². The smallest absolute Gasteiger partial charge is 0.187 e. The first-order chi connectivity index (χ1) is 35.9. The first kappa shape index (κ1) is 61.9. The van der Waals surface area contributed by atoms with Crippen molar-refractivity contribution in [1.29, 1.82) is 0 Å². The Morgan fingerprint density at radius 1 is 0.610 bits per heavy atom. The highest BCUT2D eigenvalue weighted by Gasteiger charge is 2.70. The highest BCUT2D eigenvalue weighted by molar-refractivity contribution is 5.31. The van der Waals surface area contributed by atoms with Gasteiger partial charge in [0.1, 0.15) is 79.4 Å². The molecule has 23 heteroatoms. The molecule has 4 saturated heterocycles. The predicted octanol–water partition coefficient (Wildman–Crippen LogP) is -2.96. The van der Waals surface area contributed by atoms with Gasteiger partial charge in [0.15, 0.2) is 18.9 Å². The summed E-state index contributed by atoms with van der Waals surface area (Å²) in [6.07, 6.45) is -27.8. The molecule has 30 atom stereocenters. The van der Waals surface area contributed by atoms with E-state index < -0.39 is 173 Å². The van der Waals surface area contributed by atoms with Crippen molar-refractivity contribution >= 4 is 0 Å². The van der Waals surface area contributed by atoms with Gasteiger partial charge >= 0.3 is 0 Å². The van der Waals surface area contributed by atoms with Gasteiger partial charge in [0.05, 0.1) is 68.7 Å². The molecule has 0 radical (unpaired) electrons. The van der Waals surface area contributed by atoms with Crippen molar-refractivity contribution in [2.45, 2.75) is 247 Å². The number of fused-ring (bicyclic) bond motifs is 5. The van der Waals surface area contributed by atoms with Gasteiger partial charge < -0.3 is 115 Å². The molecule has 0 bridgehead atoms. The molecule has 0 amide bonds. The Kier molecular flexibility index (Phi) is 18.6. The van der Waals surface area contributed by atoms with Crippen molar-refractivity contribution in [2.24, 2.45) is 51.2 Å². The van der Waals surface area contributed by atoms with E-state index in [2.05, 4.69) is 47.6 Å². The molecule has 8 rings (SSSR count). The second kappa shape index (κ2) is 23.1. The molecule has 0 aromatic rings. The molecule has 4 aliphatic heterocycles. The van der Waals surface area contributed by atoms with Crippen LogP contribution in [0.2, 0.25) is 0 Å². The van der Waals surface area contributed by atoms with Crippen molar-refractivity contribution in [2.75, 3.05) is 26.4 Å². The third-order valence-electron chi connectivity index (χ3n) is 21.1. The Morgan fingerprint density at radius 2 is 1.18 bits per heavy atom. The number of allylic oxidation sites excluding steroid dienone is 1. The van der Waals surface area contributed by atoms with E-state index in [1.807, 2.05) is 0 Å². The molecule has 3 saturated carbocycles. The maximum atomic E-state index is 12.5. The number of aliphatic hydroxyl groups is 16. The summed E-state index contributed by atoms with van der Waals surface area (Å²) in [5.74, 6) is -1.00. The van der Waals surface area contributed by atoms with Crippen LogP contribution < -0.4 is 0 Å². The van der Waals surface area contributed by atoms with E-state index in [1.165, 1.54) is 19.4 Å². The van der Waals surface area contributed by atoms with Crippen LogP contribution in [-0.2, 0) is 33.2 Å². The first-order valence-electron chi connectivity index (χ1n) is 27.9. The van der Waals surface area contributed by atoms with Crippen molar-refractivity contribution in [3.05, 3.63) is 11.6 Å². The van der Waals surface area contributed by atoms with Crippen LogP contribution in [0.3, 0.4) is 0 Å². The predicted molar refractivity (Wildman–Crippen MR) is 266 cm³/mol. The summed E-state index contributed by atoms with van der Waals surface area (Å²) in [6.45, 7) is 13.2. The molecular weight excluding hydrogens is 1020 g/mol. The monoisotopic (exact) mass is 1110 g/mol. The number of ether oxygens (including phenoxy) is 7. The van der Waals surface area contributed by atoms with E-state index in [9.17, 15) is 81.7 Å². The van der Waals surface area contributed by atoms with E-state index in [-0.39, 0.29) is 51.8 Å². The first-order valence-corrected chi connectivity index (χ1v) is 27.9. The quantitative estimate of drug-likeness (QED) is 0.0687. The number of rotatable bonds is 16. The highest BCUT2D eigenvalue weighted by Crippen LogP contribution is 2.75. The number of aliphatic hydroxyl groups excluding tert-OH is 15. The van der Waals surface area contributed by atoms with Crippen molar-refractivity contribution in [3.63, 3.8) is 0 Å². The van der Waals surface area contributed by atoms with Crippen LogP contribution >= 0.6 is 0 Å². The zero-order chi connectivity index (χ0) is 56.8. The highest BCUT2D eigenvalue weighted by atomic mass is 16.8. The molecule has 16 N–H and O–H groups in total. The van der Waals surface area contributed by atoms with Crippen LogP contribution in [-0.4, -0.2) is 249 Å². The Morgan fingerprint density at radius 3 is 1.81 bits per heavy atom. The second-order valence-electron chi connectivity index (χ2n) is 25.9. The van der Waals surface area contributed by atoms with E-state index in [1.54, 1.807) is 0 Å². The third-order valence-corrected chi connectivity index (χ3v) is 21.1. The normalized spacial score (nSPS) is 51.9. The molecule has 8 aliphatic rings. The van der Waals surface area contributed by atoms with Gasteiger partial charge in [-0.3, -0.25) is 0 Å². The van der Waals surface area contributed by atoms with Crippen molar-refractivity contribution in [3.8, 4) is 0 Å². The lowest BCUT2D eigenvalue weighted by Gasteiger charge is -2.67. The fraction of sp³-hybridized carbons (Fsp3) is 0.963. The van der Waals surface area contributed by atoms with E-state index >= 15 is 0 Å². The van der Waals surface area contributed by atoms with Gasteiger partial charge in [-0.1, -0.05) is 53.2 Å². The minimum atomic E-state index is -2.07. The van der Waals surface area contributed by atoms with Gasteiger partial charge in [-0.15, -0.1) is 0 Å².